The van der Waals surface area contributed by atoms with Crippen LogP contribution in [0.3, 0.4) is 0 Å². The van der Waals surface area contributed by atoms with Crippen molar-refractivity contribution in [1.29, 1.82) is 5.26 Å². The second-order valence-electron chi connectivity index (χ2n) is 9.87. The van der Waals surface area contributed by atoms with E-state index < -0.39 is 5.82 Å². The van der Waals surface area contributed by atoms with Crippen LogP contribution in [0, 0.1) is 17.1 Å². The topological polar surface area (TPSA) is 117 Å². The van der Waals surface area contributed by atoms with Crippen LogP contribution in [0.5, 0.6) is 0 Å². The maximum absolute atomic E-state index is 14.4. The van der Waals surface area contributed by atoms with Crippen LogP contribution >= 0.6 is 0 Å². The number of fused-ring (bicyclic) bond motifs is 8. The molecular formula is C26H27FN8O. The minimum atomic E-state index is -0.396. The largest absolute Gasteiger partial charge is 0.381 e. The summed E-state index contributed by atoms with van der Waals surface area (Å²) in [5.41, 5.74) is 9.48. The van der Waals surface area contributed by atoms with Crippen LogP contribution in [0.15, 0.2) is 24.4 Å². The summed E-state index contributed by atoms with van der Waals surface area (Å²) in [4.78, 5) is 26.6. The van der Waals surface area contributed by atoms with Gasteiger partial charge in [-0.25, -0.2) is 14.4 Å². The van der Waals surface area contributed by atoms with Crippen molar-refractivity contribution in [3.8, 4) is 17.3 Å². The summed E-state index contributed by atoms with van der Waals surface area (Å²) in [7, 11) is 1.71. The zero-order valence-corrected chi connectivity index (χ0v) is 20.1. The van der Waals surface area contributed by atoms with E-state index in [1.807, 2.05) is 9.58 Å². The summed E-state index contributed by atoms with van der Waals surface area (Å²) >= 11 is 0. The fourth-order valence-corrected chi connectivity index (χ4v) is 5.95. The van der Waals surface area contributed by atoms with Crippen molar-refractivity contribution in [2.75, 3.05) is 24.2 Å². The third-order valence-electron chi connectivity index (χ3n) is 7.66. The van der Waals surface area contributed by atoms with Crippen LogP contribution in [-0.2, 0) is 6.54 Å². The molecular weight excluding hydrogens is 459 g/mol. The molecule has 2 bridgehead atoms. The molecule has 2 fully saturated rings. The van der Waals surface area contributed by atoms with Gasteiger partial charge in [-0.15, -0.1) is 0 Å². The fraction of sp³-hybridized carbons (Fsp3) is 0.423. The molecule has 0 unspecified atom stereocenters. The molecule has 1 amide bonds. The van der Waals surface area contributed by atoms with Gasteiger partial charge < -0.3 is 15.5 Å². The van der Waals surface area contributed by atoms with E-state index in [4.69, 9.17) is 15.8 Å². The number of benzene rings is 1. The molecule has 10 heteroatoms. The molecule has 3 aromatic rings. The summed E-state index contributed by atoms with van der Waals surface area (Å²) in [6.45, 7) is 0.821. The Labute approximate surface area is 208 Å². The van der Waals surface area contributed by atoms with E-state index in [-0.39, 0.29) is 30.4 Å². The van der Waals surface area contributed by atoms with Crippen molar-refractivity contribution >= 4 is 17.5 Å². The lowest BCUT2D eigenvalue weighted by Gasteiger charge is -2.30. The molecule has 3 aliphatic rings. The number of amides is 1. The molecule has 1 saturated heterocycles. The maximum Gasteiger partial charge on any atom is 0.254 e. The first kappa shape index (κ1) is 22.5. The van der Waals surface area contributed by atoms with Crippen LogP contribution in [0.25, 0.3) is 11.3 Å². The quantitative estimate of drug-likeness (QED) is 0.553. The number of rotatable bonds is 1. The lowest BCUT2D eigenvalue weighted by atomic mass is 9.96. The summed E-state index contributed by atoms with van der Waals surface area (Å²) in [6.07, 6.45) is 7.24. The first-order valence-corrected chi connectivity index (χ1v) is 12.4. The molecule has 6 rings (SSSR count). The molecule has 36 heavy (non-hydrogen) atoms. The minimum absolute atomic E-state index is 0.136. The Bertz CT molecular complexity index is 1400. The van der Waals surface area contributed by atoms with Gasteiger partial charge in [0.15, 0.2) is 11.6 Å². The van der Waals surface area contributed by atoms with Crippen LogP contribution in [-0.4, -0.2) is 44.1 Å². The molecule has 2 aromatic heterocycles. The van der Waals surface area contributed by atoms with Crippen LogP contribution < -0.4 is 10.6 Å². The number of halogens is 1. The first-order chi connectivity index (χ1) is 17.5. The van der Waals surface area contributed by atoms with Gasteiger partial charge in [-0.2, -0.15) is 10.4 Å². The number of hydrogen-bond donors (Lipinski definition) is 1. The first-order valence-electron chi connectivity index (χ1n) is 12.4. The Balaban J connectivity index is 1.61. The van der Waals surface area contributed by atoms with Gasteiger partial charge in [0.1, 0.15) is 17.6 Å². The van der Waals surface area contributed by atoms with Crippen molar-refractivity contribution in [2.24, 2.45) is 0 Å². The molecule has 0 spiro atoms. The van der Waals surface area contributed by atoms with Gasteiger partial charge in [-0.05, 0) is 49.4 Å². The Morgan fingerprint density at radius 1 is 1.19 bits per heavy atom. The number of nitriles is 1. The second kappa shape index (κ2) is 8.59. The molecule has 1 aromatic carbocycles. The van der Waals surface area contributed by atoms with E-state index in [0.717, 1.165) is 38.5 Å². The summed E-state index contributed by atoms with van der Waals surface area (Å²) in [5, 5.41) is 15.1. The average molecular weight is 487 g/mol. The molecule has 9 nitrogen and oxygen atoms in total. The van der Waals surface area contributed by atoms with Gasteiger partial charge in [0, 0.05) is 19.2 Å². The highest BCUT2D eigenvalue weighted by Crippen LogP contribution is 2.41. The number of carbonyl (C=O) groups excluding carboxylic acids is 1. The Morgan fingerprint density at radius 2 is 2.00 bits per heavy atom. The Hall–Kier alpha value is -4.00. The van der Waals surface area contributed by atoms with Crippen molar-refractivity contribution in [1.82, 2.24) is 24.6 Å². The number of carbonyl (C=O) groups is 1. The van der Waals surface area contributed by atoms with Gasteiger partial charge in [0.05, 0.1) is 41.8 Å². The molecule has 4 heterocycles. The van der Waals surface area contributed by atoms with E-state index in [9.17, 15) is 14.4 Å². The van der Waals surface area contributed by atoms with E-state index in [2.05, 4.69) is 11.1 Å². The van der Waals surface area contributed by atoms with Crippen molar-refractivity contribution in [3.05, 3.63) is 52.7 Å². The van der Waals surface area contributed by atoms with Crippen LogP contribution in [0.1, 0.15) is 77.9 Å². The van der Waals surface area contributed by atoms with Crippen LogP contribution in [0.2, 0.25) is 0 Å². The number of nitrogens with zero attached hydrogens (tertiary/aromatic N) is 7. The number of nitrogen functional groups attached to an aromatic ring is 1. The molecule has 1 atom stereocenters. The van der Waals surface area contributed by atoms with Crippen molar-refractivity contribution < 1.29 is 9.18 Å². The average Bonchev–Trinajstić information content (AvgIpc) is 3.63. The lowest BCUT2D eigenvalue weighted by Crippen LogP contribution is -2.31. The predicted molar refractivity (Wildman–Crippen MR) is 131 cm³/mol. The van der Waals surface area contributed by atoms with Crippen molar-refractivity contribution in [2.45, 2.75) is 57.2 Å². The monoisotopic (exact) mass is 486 g/mol. The third kappa shape index (κ3) is 3.49. The summed E-state index contributed by atoms with van der Waals surface area (Å²) in [6, 6.07) is 6.53. The van der Waals surface area contributed by atoms with Crippen LogP contribution in [0.4, 0.5) is 16.0 Å². The second-order valence-corrected chi connectivity index (χ2v) is 9.87. The Morgan fingerprint density at radius 3 is 2.78 bits per heavy atom. The predicted octanol–water partition coefficient (Wildman–Crippen LogP) is 3.98. The van der Waals surface area contributed by atoms with E-state index in [1.54, 1.807) is 24.2 Å². The zero-order chi connectivity index (χ0) is 25.0. The molecule has 2 aliphatic heterocycles. The highest BCUT2D eigenvalue weighted by Gasteiger charge is 2.35. The van der Waals surface area contributed by atoms with Gasteiger partial charge in [-0.1, -0.05) is 12.8 Å². The van der Waals surface area contributed by atoms with E-state index in [1.165, 1.54) is 12.1 Å². The normalized spacial score (nSPS) is 19.8. The molecule has 184 valence electrons. The molecule has 1 aliphatic carbocycles. The SMILES string of the molecule is CN1Cc2nn(C3CCCC3)c(C#N)c2-c2cnc(N)c(n2)N2CCC[C@@H]2c2cc(F)ccc2C1=O. The zero-order valence-electron chi connectivity index (χ0n) is 20.1. The fourth-order valence-electron chi connectivity index (χ4n) is 5.95. The minimum Gasteiger partial charge on any atom is -0.381 e. The van der Waals surface area contributed by atoms with Crippen molar-refractivity contribution in [3.63, 3.8) is 0 Å². The molecule has 2 N–H and O–H groups in total. The van der Waals surface area contributed by atoms with Gasteiger partial charge in [0.25, 0.3) is 5.91 Å². The summed E-state index contributed by atoms with van der Waals surface area (Å²) in [5.74, 6) is 0.120. The third-order valence-corrected chi connectivity index (χ3v) is 7.66. The highest BCUT2D eigenvalue weighted by atomic mass is 19.1. The number of hydrogen-bond acceptors (Lipinski definition) is 7. The van der Waals surface area contributed by atoms with Gasteiger partial charge in [-0.3, -0.25) is 9.48 Å². The number of nitrogens with two attached hydrogens (primary N) is 1. The standard InChI is InChI=1S/C26H27FN8O/c1-33-14-20-23(22(12-28)35(32-20)16-5-2-3-6-16)19-13-30-24(29)25(31-19)34-10-4-7-21(34)18-11-15(27)8-9-17(18)26(33)36/h8-9,11,13,16,21H,2-7,10,14H2,1H3,(H2,29,30)/t21-/m1/s1. The summed E-state index contributed by atoms with van der Waals surface area (Å²) < 4.78 is 16.2. The van der Waals surface area contributed by atoms with E-state index >= 15 is 0 Å². The molecule has 0 radical (unpaired) electrons. The lowest BCUT2D eigenvalue weighted by molar-refractivity contribution is 0.0781. The number of anilines is 2. The van der Waals surface area contributed by atoms with E-state index in [0.29, 0.717) is 46.1 Å². The molecule has 1 saturated carbocycles. The highest BCUT2D eigenvalue weighted by molar-refractivity contribution is 5.96. The maximum atomic E-state index is 14.4. The number of aromatic nitrogens is 4. The van der Waals surface area contributed by atoms with Gasteiger partial charge >= 0.3 is 0 Å². The van der Waals surface area contributed by atoms with Gasteiger partial charge in [0.2, 0.25) is 0 Å². The Kier molecular flexibility index (Phi) is 5.36. The smallest absolute Gasteiger partial charge is 0.254 e.